The van der Waals surface area contributed by atoms with Gasteiger partial charge < -0.3 is 14.6 Å². The van der Waals surface area contributed by atoms with Crippen molar-refractivity contribution in [1.29, 1.82) is 0 Å². The Morgan fingerprint density at radius 3 is 2.78 bits per heavy atom. The maximum Gasteiger partial charge on any atom is 0.338 e. The van der Waals surface area contributed by atoms with Crippen molar-refractivity contribution in [3.8, 4) is 0 Å². The number of hydrogen-bond donors (Lipinski definition) is 1. The van der Waals surface area contributed by atoms with Gasteiger partial charge in [0.2, 0.25) is 0 Å². The summed E-state index contributed by atoms with van der Waals surface area (Å²) in [5.41, 5.74) is 8.38. The van der Waals surface area contributed by atoms with Crippen molar-refractivity contribution >= 4 is 11.7 Å². The molecule has 0 radical (unpaired) electrons. The van der Waals surface area contributed by atoms with Gasteiger partial charge in [0, 0.05) is 23.5 Å². The summed E-state index contributed by atoms with van der Waals surface area (Å²) in [6, 6.07) is 4.99. The number of benzene rings is 1. The van der Waals surface area contributed by atoms with Gasteiger partial charge in [-0.15, -0.1) is 0 Å². The molecule has 1 heterocycles. The Balaban J connectivity index is 2.04. The predicted octanol–water partition coefficient (Wildman–Crippen LogP) is 1.93. The molecule has 10 heteroatoms. The molecule has 1 aromatic carbocycles. The standard InChI is InChI=1S/C13H14N4O6/c14-16-15-7-11-10(5-6-12(18)22-11)23-13(19)8-1-3-9(4-2-8)17(20)21/h1-4,10-12,18H,5-7H2/t10-,11-,12-/m1/s1. The van der Waals surface area contributed by atoms with Crippen molar-refractivity contribution in [3.63, 3.8) is 0 Å². The molecule has 10 nitrogen and oxygen atoms in total. The van der Waals surface area contributed by atoms with Gasteiger partial charge in [-0.25, -0.2) is 4.79 Å². The van der Waals surface area contributed by atoms with E-state index in [0.29, 0.717) is 6.42 Å². The molecule has 0 aliphatic carbocycles. The second kappa shape index (κ2) is 7.54. The van der Waals surface area contributed by atoms with Gasteiger partial charge in [-0.2, -0.15) is 0 Å². The molecule has 0 aromatic heterocycles. The summed E-state index contributed by atoms with van der Waals surface area (Å²) in [6.07, 6.45) is -1.78. The number of esters is 1. The molecule has 0 saturated carbocycles. The minimum absolute atomic E-state index is 0.0776. The lowest BCUT2D eigenvalue weighted by atomic mass is 10.0. The second-order valence-electron chi connectivity index (χ2n) is 4.87. The van der Waals surface area contributed by atoms with Crippen LogP contribution >= 0.6 is 0 Å². The highest BCUT2D eigenvalue weighted by atomic mass is 16.6. The van der Waals surface area contributed by atoms with Gasteiger partial charge in [0.25, 0.3) is 5.69 Å². The van der Waals surface area contributed by atoms with Crippen molar-refractivity contribution in [2.75, 3.05) is 6.54 Å². The van der Waals surface area contributed by atoms with E-state index in [2.05, 4.69) is 10.0 Å². The largest absolute Gasteiger partial charge is 0.456 e. The first-order valence-electron chi connectivity index (χ1n) is 6.81. The van der Waals surface area contributed by atoms with Gasteiger partial charge in [-0.3, -0.25) is 10.1 Å². The number of azide groups is 1. The molecule has 1 aromatic rings. The van der Waals surface area contributed by atoms with Crippen molar-refractivity contribution in [2.45, 2.75) is 31.3 Å². The third kappa shape index (κ3) is 4.39. The van der Waals surface area contributed by atoms with E-state index in [-0.39, 0.29) is 24.2 Å². The minimum atomic E-state index is -0.997. The van der Waals surface area contributed by atoms with Crippen LogP contribution in [0.1, 0.15) is 23.2 Å². The topological polar surface area (TPSA) is 148 Å². The summed E-state index contributed by atoms with van der Waals surface area (Å²) in [5, 5.41) is 23.4. The van der Waals surface area contributed by atoms with Crippen LogP contribution in [0.25, 0.3) is 10.4 Å². The lowest BCUT2D eigenvalue weighted by Crippen LogP contribution is -2.43. The molecule has 0 unspecified atom stereocenters. The number of rotatable bonds is 5. The Kier molecular flexibility index (Phi) is 5.47. The Hall–Kier alpha value is -2.68. The van der Waals surface area contributed by atoms with Gasteiger partial charge in [-0.1, -0.05) is 5.11 Å². The van der Waals surface area contributed by atoms with E-state index in [0.717, 1.165) is 0 Å². The number of aliphatic hydroxyl groups is 1. The summed E-state index contributed by atoms with van der Waals surface area (Å²) < 4.78 is 10.5. The third-order valence-corrected chi connectivity index (χ3v) is 3.34. The maximum absolute atomic E-state index is 12.1. The van der Waals surface area contributed by atoms with Gasteiger partial charge in [0.15, 0.2) is 6.29 Å². The van der Waals surface area contributed by atoms with E-state index in [1.54, 1.807) is 0 Å². The van der Waals surface area contributed by atoms with Crippen LogP contribution in [0.4, 0.5) is 5.69 Å². The number of nitro benzene ring substituents is 1. The van der Waals surface area contributed by atoms with Gasteiger partial charge in [0.1, 0.15) is 12.2 Å². The molecule has 1 saturated heterocycles. The van der Waals surface area contributed by atoms with Gasteiger partial charge in [-0.05, 0) is 24.1 Å². The van der Waals surface area contributed by atoms with Crippen molar-refractivity contribution in [3.05, 3.63) is 50.4 Å². The summed E-state index contributed by atoms with van der Waals surface area (Å²) in [4.78, 5) is 24.7. The average Bonchev–Trinajstić information content (AvgIpc) is 2.55. The fraction of sp³-hybridized carbons (Fsp3) is 0.462. The second-order valence-corrected chi connectivity index (χ2v) is 4.87. The van der Waals surface area contributed by atoms with Crippen molar-refractivity contribution < 1.29 is 24.3 Å². The van der Waals surface area contributed by atoms with Crippen LogP contribution in [-0.4, -0.2) is 41.0 Å². The SMILES string of the molecule is [N-]=[N+]=NC[C@H]1O[C@@H](O)CC[C@H]1OC(=O)c1ccc([N+](=O)[O-])cc1. The van der Waals surface area contributed by atoms with Crippen LogP contribution in [0.3, 0.4) is 0 Å². The van der Waals surface area contributed by atoms with E-state index in [1.165, 1.54) is 24.3 Å². The quantitative estimate of drug-likeness (QED) is 0.219. The zero-order chi connectivity index (χ0) is 16.8. The molecule has 1 fully saturated rings. The van der Waals surface area contributed by atoms with Crippen LogP contribution in [0.15, 0.2) is 29.4 Å². The van der Waals surface area contributed by atoms with Crippen LogP contribution in [0, 0.1) is 10.1 Å². The number of ether oxygens (including phenoxy) is 2. The number of carbonyl (C=O) groups is 1. The van der Waals surface area contributed by atoms with E-state index < -0.39 is 29.4 Å². The first kappa shape index (κ1) is 16.7. The molecule has 0 spiro atoms. The molecule has 0 amide bonds. The summed E-state index contributed by atoms with van der Waals surface area (Å²) in [7, 11) is 0. The normalized spacial score (nSPS) is 23.6. The maximum atomic E-state index is 12.1. The van der Waals surface area contributed by atoms with E-state index in [1.807, 2.05) is 0 Å². The molecule has 0 bridgehead atoms. The Morgan fingerprint density at radius 1 is 1.48 bits per heavy atom. The van der Waals surface area contributed by atoms with Crippen molar-refractivity contribution in [1.82, 2.24) is 0 Å². The zero-order valence-electron chi connectivity index (χ0n) is 11.9. The fourth-order valence-electron chi connectivity index (χ4n) is 2.19. The molecule has 122 valence electrons. The number of nitro groups is 1. The fourth-order valence-corrected chi connectivity index (χ4v) is 2.19. The molecular formula is C13H14N4O6. The van der Waals surface area contributed by atoms with Gasteiger partial charge >= 0.3 is 5.97 Å². The van der Waals surface area contributed by atoms with Crippen molar-refractivity contribution in [2.24, 2.45) is 5.11 Å². The van der Waals surface area contributed by atoms with Crippen LogP contribution < -0.4 is 0 Å². The number of aliphatic hydroxyl groups excluding tert-OH is 1. The molecule has 1 aliphatic rings. The predicted molar refractivity (Wildman–Crippen MR) is 76.4 cm³/mol. The van der Waals surface area contributed by atoms with Crippen LogP contribution in [0.2, 0.25) is 0 Å². The first-order chi connectivity index (χ1) is 11.0. The number of carbonyl (C=O) groups excluding carboxylic acids is 1. The Bertz CT molecular complexity index is 628. The monoisotopic (exact) mass is 322 g/mol. The molecule has 1 N–H and O–H groups in total. The smallest absolute Gasteiger partial charge is 0.338 e. The highest BCUT2D eigenvalue weighted by molar-refractivity contribution is 5.89. The highest BCUT2D eigenvalue weighted by Crippen LogP contribution is 2.23. The number of non-ortho nitro benzene ring substituents is 1. The number of hydrogen-bond acceptors (Lipinski definition) is 7. The first-order valence-corrected chi connectivity index (χ1v) is 6.81. The molecule has 3 atom stereocenters. The van der Waals surface area contributed by atoms with Gasteiger partial charge in [0.05, 0.1) is 17.0 Å². The van der Waals surface area contributed by atoms with E-state index in [4.69, 9.17) is 15.0 Å². The zero-order valence-corrected chi connectivity index (χ0v) is 11.9. The Labute approximate surface area is 130 Å². The molecule has 2 rings (SSSR count). The summed E-state index contributed by atoms with van der Waals surface area (Å²) in [6.45, 7) is -0.0776. The van der Waals surface area contributed by atoms with E-state index >= 15 is 0 Å². The third-order valence-electron chi connectivity index (χ3n) is 3.34. The lowest BCUT2D eigenvalue weighted by Gasteiger charge is -2.33. The molecular weight excluding hydrogens is 308 g/mol. The summed E-state index contributed by atoms with van der Waals surface area (Å²) >= 11 is 0. The lowest BCUT2D eigenvalue weighted by molar-refractivity contribution is -0.384. The van der Waals surface area contributed by atoms with E-state index in [9.17, 15) is 20.0 Å². The molecule has 1 aliphatic heterocycles. The highest BCUT2D eigenvalue weighted by Gasteiger charge is 2.33. The van der Waals surface area contributed by atoms with Crippen LogP contribution in [0.5, 0.6) is 0 Å². The number of nitrogens with zero attached hydrogens (tertiary/aromatic N) is 4. The average molecular weight is 322 g/mol. The Morgan fingerprint density at radius 2 is 2.17 bits per heavy atom. The molecule has 23 heavy (non-hydrogen) atoms. The minimum Gasteiger partial charge on any atom is -0.456 e. The van der Waals surface area contributed by atoms with Crippen LogP contribution in [-0.2, 0) is 9.47 Å². The summed E-state index contributed by atoms with van der Waals surface area (Å²) in [5.74, 6) is -0.671.